The lowest BCUT2D eigenvalue weighted by molar-refractivity contribution is -0.121. The van der Waals surface area contributed by atoms with E-state index >= 15 is 0 Å². The molecule has 0 aliphatic rings. The van der Waals surface area contributed by atoms with Gasteiger partial charge in [-0.2, -0.15) is 5.10 Å². The van der Waals surface area contributed by atoms with Gasteiger partial charge in [0.1, 0.15) is 0 Å². The van der Waals surface area contributed by atoms with Gasteiger partial charge < -0.3 is 5.32 Å². The molecule has 0 aliphatic carbocycles. The van der Waals surface area contributed by atoms with Crippen molar-refractivity contribution < 1.29 is 4.79 Å². The number of amides is 1. The second-order valence-electron chi connectivity index (χ2n) is 7.59. The quantitative estimate of drug-likeness (QED) is 0.518. The summed E-state index contributed by atoms with van der Waals surface area (Å²) in [7, 11) is 0. The van der Waals surface area contributed by atoms with Crippen molar-refractivity contribution in [3.63, 3.8) is 0 Å². The second kappa shape index (κ2) is 8.49. The van der Waals surface area contributed by atoms with Crippen LogP contribution < -0.4 is 5.32 Å². The fourth-order valence-electron chi connectivity index (χ4n) is 3.90. The molecule has 1 amide bonds. The zero-order valence-electron chi connectivity index (χ0n) is 17.6. The van der Waals surface area contributed by atoms with Crippen molar-refractivity contribution in [3.05, 3.63) is 88.9 Å². The van der Waals surface area contributed by atoms with Crippen molar-refractivity contribution in [3.8, 4) is 11.1 Å². The predicted octanol–water partition coefficient (Wildman–Crippen LogP) is 4.57. The van der Waals surface area contributed by atoms with Gasteiger partial charge in [-0.15, -0.1) is 0 Å². The number of rotatable bonds is 6. The summed E-state index contributed by atoms with van der Waals surface area (Å²) >= 11 is 0. The van der Waals surface area contributed by atoms with Crippen LogP contribution in [-0.4, -0.2) is 20.5 Å². The minimum atomic E-state index is 0.0411. The molecule has 4 rings (SSSR count). The van der Waals surface area contributed by atoms with Crippen LogP contribution in [0, 0.1) is 20.8 Å². The van der Waals surface area contributed by atoms with Crippen LogP contribution >= 0.6 is 0 Å². The smallest absolute Gasteiger partial charge is 0.220 e. The number of hydrogen-bond donors (Lipinski definition) is 1. The summed E-state index contributed by atoms with van der Waals surface area (Å²) in [6.45, 7) is 6.64. The molecule has 0 spiro atoms. The lowest BCUT2D eigenvalue weighted by Gasteiger charge is -2.12. The van der Waals surface area contributed by atoms with E-state index in [-0.39, 0.29) is 5.91 Å². The van der Waals surface area contributed by atoms with E-state index in [4.69, 9.17) is 10.1 Å². The molecule has 30 heavy (non-hydrogen) atoms. The molecule has 152 valence electrons. The van der Waals surface area contributed by atoms with Crippen molar-refractivity contribution in [2.75, 3.05) is 0 Å². The van der Waals surface area contributed by atoms with E-state index in [2.05, 4.69) is 24.4 Å². The van der Waals surface area contributed by atoms with Gasteiger partial charge in [-0.25, -0.2) is 9.50 Å². The summed E-state index contributed by atoms with van der Waals surface area (Å²) in [6, 6.07) is 20.2. The number of fused-ring (bicyclic) bond motifs is 1. The highest BCUT2D eigenvalue weighted by molar-refractivity contribution is 5.80. The molecule has 0 bridgehead atoms. The summed E-state index contributed by atoms with van der Waals surface area (Å²) in [6.07, 6.45) is 1.06. The number of nitrogens with zero attached hydrogens (tertiary/aromatic N) is 3. The molecule has 0 radical (unpaired) electrons. The molecule has 2 aromatic carbocycles. The van der Waals surface area contributed by atoms with Crippen molar-refractivity contribution in [2.45, 2.75) is 40.2 Å². The van der Waals surface area contributed by atoms with Crippen LogP contribution in [0.2, 0.25) is 0 Å². The van der Waals surface area contributed by atoms with E-state index in [1.165, 1.54) is 0 Å². The van der Waals surface area contributed by atoms with Gasteiger partial charge in [0, 0.05) is 29.9 Å². The molecule has 0 unspecified atom stereocenters. The van der Waals surface area contributed by atoms with Crippen LogP contribution in [0.4, 0.5) is 0 Å². The van der Waals surface area contributed by atoms with Gasteiger partial charge in [-0.05, 0) is 43.9 Å². The predicted molar refractivity (Wildman–Crippen MR) is 119 cm³/mol. The number of nitrogens with one attached hydrogen (secondary N) is 1. The standard InChI is InChI=1S/C25H26N4O/c1-17-22(14-15-23(30)26-16-20-10-6-4-7-11-20)19(3)29-25(27-17)24(18(2)28-29)21-12-8-5-9-13-21/h4-13H,14-16H2,1-3H3,(H,26,30). The molecule has 1 N–H and O–H groups in total. The molecule has 0 saturated carbocycles. The highest BCUT2D eigenvalue weighted by Gasteiger charge is 2.18. The van der Waals surface area contributed by atoms with E-state index in [0.717, 1.165) is 45.0 Å². The Balaban J connectivity index is 1.54. The van der Waals surface area contributed by atoms with Crippen LogP contribution in [0.1, 0.15) is 34.6 Å². The highest BCUT2D eigenvalue weighted by Crippen LogP contribution is 2.29. The summed E-state index contributed by atoms with van der Waals surface area (Å²) in [5.41, 5.74) is 8.17. The first-order chi connectivity index (χ1) is 14.5. The number of hydrogen-bond acceptors (Lipinski definition) is 3. The Morgan fingerprint density at radius 2 is 1.60 bits per heavy atom. The molecule has 0 atom stereocenters. The van der Waals surface area contributed by atoms with E-state index in [1.54, 1.807) is 0 Å². The summed E-state index contributed by atoms with van der Waals surface area (Å²) < 4.78 is 1.92. The number of carbonyl (C=O) groups excluding carboxylic acids is 1. The van der Waals surface area contributed by atoms with Crippen LogP contribution in [0.3, 0.4) is 0 Å². The van der Waals surface area contributed by atoms with Gasteiger partial charge in [0.15, 0.2) is 5.65 Å². The van der Waals surface area contributed by atoms with Gasteiger partial charge in [0.25, 0.3) is 0 Å². The van der Waals surface area contributed by atoms with Crippen LogP contribution in [0.5, 0.6) is 0 Å². The normalized spacial score (nSPS) is 11.0. The monoisotopic (exact) mass is 398 g/mol. The van der Waals surface area contributed by atoms with E-state index < -0.39 is 0 Å². The maximum Gasteiger partial charge on any atom is 0.220 e. The molecule has 0 fully saturated rings. The number of aromatic nitrogens is 3. The van der Waals surface area contributed by atoms with E-state index in [0.29, 0.717) is 19.4 Å². The van der Waals surface area contributed by atoms with Gasteiger partial charge in [0.2, 0.25) is 5.91 Å². The maximum absolute atomic E-state index is 12.4. The molecule has 0 aliphatic heterocycles. The first kappa shape index (κ1) is 19.8. The Morgan fingerprint density at radius 3 is 2.30 bits per heavy atom. The van der Waals surface area contributed by atoms with Crippen LogP contribution in [-0.2, 0) is 17.8 Å². The van der Waals surface area contributed by atoms with E-state index in [1.807, 2.05) is 66.9 Å². The Kier molecular flexibility index (Phi) is 5.61. The fourth-order valence-corrected chi connectivity index (χ4v) is 3.90. The highest BCUT2D eigenvalue weighted by atomic mass is 16.1. The molecule has 5 nitrogen and oxygen atoms in total. The summed E-state index contributed by atoms with van der Waals surface area (Å²) in [4.78, 5) is 17.2. The molecule has 0 saturated heterocycles. The average molecular weight is 399 g/mol. The largest absolute Gasteiger partial charge is 0.352 e. The average Bonchev–Trinajstić information content (AvgIpc) is 3.09. The Hall–Kier alpha value is -3.47. The van der Waals surface area contributed by atoms with Gasteiger partial charge in [-0.3, -0.25) is 4.79 Å². The van der Waals surface area contributed by atoms with Crippen LogP contribution in [0.25, 0.3) is 16.8 Å². The van der Waals surface area contributed by atoms with Crippen molar-refractivity contribution in [1.29, 1.82) is 0 Å². The first-order valence-corrected chi connectivity index (χ1v) is 10.3. The number of benzene rings is 2. The third-order valence-corrected chi connectivity index (χ3v) is 5.50. The van der Waals surface area contributed by atoms with Gasteiger partial charge in [0.05, 0.1) is 5.69 Å². The third kappa shape index (κ3) is 3.96. The zero-order chi connectivity index (χ0) is 21.1. The SMILES string of the molecule is Cc1nc2c(-c3ccccc3)c(C)nn2c(C)c1CCC(=O)NCc1ccccc1. The molecular formula is C25H26N4O. The molecule has 2 heterocycles. The molecule has 2 aromatic heterocycles. The summed E-state index contributed by atoms with van der Waals surface area (Å²) in [5, 5.41) is 7.75. The van der Waals surface area contributed by atoms with Crippen molar-refractivity contribution in [1.82, 2.24) is 19.9 Å². The molecule has 5 heteroatoms. The van der Waals surface area contributed by atoms with Crippen molar-refractivity contribution in [2.24, 2.45) is 0 Å². The number of aryl methyl sites for hydroxylation is 3. The van der Waals surface area contributed by atoms with Crippen LogP contribution in [0.15, 0.2) is 60.7 Å². The Bertz CT molecular complexity index is 1180. The minimum Gasteiger partial charge on any atom is -0.352 e. The van der Waals surface area contributed by atoms with Crippen molar-refractivity contribution >= 4 is 11.6 Å². The Morgan fingerprint density at radius 1 is 0.933 bits per heavy atom. The Labute approximate surface area is 176 Å². The maximum atomic E-state index is 12.4. The summed E-state index contributed by atoms with van der Waals surface area (Å²) in [5.74, 6) is 0.0411. The lowest BCUT2D eigenvalue weighted by Crippen LogP contribution is -2.23. The number of carbonyl (C=O) groups is 1. The minimum absolute atomic E-state index is 0.0411. The molecular weight excluding hydrogens is 372 g/mol. The second-order valence-corrected chi connectivity index (χ2v) is 7.59. The third-order valence-electron chi connectivity index (χ3n) is 5.50. The van der Waals surface area contributed by atoms with E-state index in [9.17, 15) is 4.79 Å². The fraction of sp³-hybridized carbons (Fsp3) is 0.240. The topological polar surface area (TPSA) is 59.3 Å². The van der Waals surface area contributed by atoms with Gasteiger partial charge in [-0.1, -0.05) is 60.7 Å². The molecule has 4 aromatic rings. The van der Waals surface area contributed by atoms with Gasteiger partial charge >= 0.3 is 0 Å². The zero-order valence-corrected chi connectivity index (χ0v) is 17.6. The lowest BCUT2D eigenvalue weighted by atomic mass is 10.0. The first-order valence-electron chi connectivity index (χ1n) is 10.3.